The van der Waals surface area contributed by atoms with Crippen molar-refractivity contribution in [3.8, 4) is 0 Å². The van der Waals surface area contributed by atoms with Gasteiger partial charge in [-0.2, -0.15) is 0 Å². The molecule has 1 saturated heterocycles. The van der Waals surface area contributed by atoms with Gasteiger partial charge >= 0.3 is 0 Å². The number of nitrogens with zero attached hydrogens (tertiary/aromatic N) is 4. The Kier molecular flexibility index (Phi) is 6.11. The van der Waals surface area contributed by atoms with Crippen molar-refractivity contribution in [3.05, 3.63) is 17.6 Å². The second-order valence-corrected chi connectivity index (χ2v) is 6.65. The normalized spacial score (nSPS) is 15.4. The van der Waals surface area contributed by atoms with E-state index in [9.17, 15) is 9.59 Å². The summed E-state index contributed by atoms with van der Waals surface area (Å²) in [7, 11) is 3.95. The minimum Gasteiger partial charge on any atom is -0.370 e. The molecular weight excluding hydrogens is 306 g/mol. The summed E-state index contributed by atoms with van der Waals surface area (Å²) >= 11 is 0. The summed E-state index contributed by atoms with van der Waals surface area (Å²) in [6, 6.07) is 2.04. The van der Waals surface area contributed by atoms with E-state index in [0.29, 0.717) is 5.92 Å². The molecule has 0 atom stereocenters. The predicted octanol–water partition coefficient (Wildman–Crippen LogP) is 0.898. The fourth-order valence-corrected chi connectivity index (χ4v) is 3.02. The Bertz CT molecular complexity index is 595. The topological polar surface area (TPSA) is 92.4 Å². The lowest BCUT2D eigenvalue weighted by Gasteiger charge is -2.32. The Balaban J connectivity index is 1.87. The molecule has 1 fully saturated rings. The molecule has 7 nitrogen and oxygen atoms in total. The van der Waals surface area contributed by atoms with Crippen LogP contribution in [0.4, 0.5) is 5.82 Å². The number of hydrogen-bond donors (Lipinski definition) is 1. The van der Waals surface area contributed by atoms with Crippen LogP contribution in [0, 0.1) is 12.8 Å². The molecule has 1 aliphatic rings. The van der Waals surface area contributed by atoms with Gasteiger partial charge in [-0.25, -0.2) is 9.97 Å². The maximum absolute atomic E-state index is 12.0. The Morgan fingerprint density at radius 1 is 1.25 bits per heavy atom. The maximum Gasteiger partial charge on any atom is 0.223 e. The van der Waals surface area contributed by atoms with Gasteiger partial charge in [-0.1, -0.05) is 0 Å². The van der Waals surface area contributed by atoms with Crippen molar-refractivity contribution in [1.82, 2.24) is 14.9 Å². The van der Waals surface area contributed by atoms with Gasteiger partial charge < -0.3 is 15.5 Å². The van der Waals surface area contributed by atoms with Gasteiger partial charge in [0.25, 0.3) is 0 Å². The first-order valence-corrected chi connectivity index (χ1v) is 8.43. The molecule has 1 aromatic heterocycles. The highest BCUT2D eigenvalue weighted by atomic mass is 16.2. The summed E-state index contributed by atoms with van der Waals surface area (Å²) in [5.74, 6) is 1.84. The van der Waals surface area contributed by atoms with Gasteiger partial charge in [-0.15, -0.1) is 0 Å². The van der Waals surface area contributed by atoms with E-state index in [1.807, 2.05) is 36.9 Å². The highest BCUT2D eigenvalue weighted by Gasteiger charge is 2.23. The SMILES string of the molecule is Cc1nc(CC2CCN(C(=O)CCC(N)=O)CC2)cc(N(C)C)n1. The minimum absolute atomic E-state index is 0.0278. The number of nitrogens with two attached hydrogens (primary N) is 1. The third kappa shape index (κ3) is 5.18. The molecule has 0 saturated carbocycles. The number of likely N-dealkylation sites (tertiary alicyclic amines) is 1. The van der Waals surface area contributed by atoms with Crippen LogP contribution in [0.2, 0.25) is 0 Å². The first-order valence-electron chi connectivity index (χ1n) is 8.43. The average Bonchev–Trinajstić information content (AvgIpc) is 2.52. The van der Waals surface area contributed by atoms with E-state index in [2.05, 4.69) is 9.97 Å². The molecule has 132 valence electrons. The Morgan fingerprint density at radius 3 is 2.50 bits per heavy atom. The van der Waals surface area contributed by atoms with Crippen LogP contribution in [0.25, 0.3) is 0 Å². The molecule has 2 rings (SSSR count). The number of amides is 2. The van der Waals surface area contributed by atoms with Crippen molar-refractivity contribution in [3.63, 3.8) is 0 Å². The molecule has 0 bridgehead atoms. The smallest absolute Gasteiger partial charge is 0.223 e. The number of primary amides is 1. The molecule has 0 spiro atoms. The first-order chi connectivity index (χ1) is 11.3. The molecule has 1 aliphatic heterocycles. The van der Waals surface area contributed by atoms with Gasteiger partial charge in [-0.05, 0) is 32.1 Å². The standard InChI is InChI=1S/C17H27N5O2/c1-12-19-14(11-16(20-12)21(2)3)10-13-6-8-22(9-7-13)17(24)5-4-15(18)23/h11,13H,4-10H2,1-3H3,(H2,18,23). The van der Waals surface area contributed by atoms with E-state index in [1.165, 1.54) is 0 Å². The number of carbonyl (C=O) groups is 2. The molecule has 2 amide bonds. The number of carbonyl (C=O) groups excluding carboxylic acids is 2. The van der Waals surface area contributed by atoms with E-state index in [0.717, 1.165) is 49.7 Å². The van der Waals surface area contributed by atoms with Crippen molar-refractivity contribution in [2.45, 2.75) is 39.0 Å². The van der Waals surface area contributed by atoms with Gasteiger partial charge in [-0.3, -0.25) is 9.59 Å². The van der Waals surface area contributed by atoms with Crippen molar-refractivity contribution in [1.29, 1.82) is 0 Å². The maximum atomic E-state index is 12.0. The van der Waals surface area contributed by atoms with Crippen molar-refractivity contribution in [2.24, 2.45) is 11.7 Å². The van der Waals surface area contributed by atoms with E-state index < -0.39 is 5.91 Å². The van der Waals surface area contributed by atoms with Crippen LogP contribution in [0.15, 0.2) is 6.07 Å². The molecule has 0 aliphatic carbocycles. The first kappa shape index (κ1) is 18.2. The van der Waals surface area contributed by atoms with Gasteiger partial charge in [0, 0.05) is 51.8 Å². The Morgan fingerprint density at radius 2 is 1.92 bits per heavy atom. The zero-order valence-electron chi connectivity index (χ0n) is 14.8. The fraction of sp³-hybridized carbons (Fsp3) is 0.647. The summed E-state index contributed by atoms with van der Waals surface area (Å²) in [5.41, 5.74) is 6.16. The molecular formula is C17H27N5O2. The van der Waals surface area contributed by atoms with Gasteiger partial charge in [0.05, 0.1) is 0 Å². The number of anilines is 1. The zero-order valence-corrected chi connectivity index (χ0v) is 14.8. The molecule has 0 unspecified atom stereocenters. The lowest BCUT2D eigenvalue weighted by Crippen LogP contribution is -2.39. The molecule has 24 heavy (non-hydrogen) atoms. The van der Waals surface area contributed by atoms with Crippen LogP contribution in [0.3, 0.4) is 0 Å². The lowest BCUT2D eigenvalue weighted by molar-refractivity contribution is -0.134. The number of aromatic nitrogens is 2. The van der Waals surface area contributed by atoms with Crippen LogP contribution in [0.5, 0.6) is 0 Å². The van der Waals surface area contributed by atoms with E-state index in [1.54, 1.807) is 0 Å². The molecule has 7 heteroatoms. The number of piperidine rings is 1. The average molecular weight is 333 g/mol. The summed E-state index contributed by atoms with van der Waals surface area (Å²) in [6.07, 6.45) is 3.18. The van der Waals surface area contributed by atoms with E-state index in [-0.39, 0.29) is 18.7 Å². The predicted molar refractivity (Wildman–Crippen MR) is 92.5 cm³/mol. The Hall–Kier alpha value is -2.18. The third-order valence-electron chi connectivity index (χ3n) is 4.39. The summed E-state index contributed by atoms with van der Waals surface area (Å²) in [6.45, 7) is 3.40. The van der Waals surface area contributed by atoms with Crippen LogP contribution in [-0.4, -0.2) is 53.9 Å². The van der Waals surface area contributed by atoms with Gasteiger partial charge in [0.1, 0.15) is 11.6 Å². The van der Waals surface area contributed by atoms with Crippen LogP contribution >= 0.6 is 0 Å². The number of hydrogen-bond acceptors (Lipinski definition) is 5. The zero-order chi connectivity index (χ0) is 17.7. The quantitative estimate of drug-likeness (QED) is 0.835. The molecule has 2 heterocycles. The van der Waals surface area contributed by atoms with Crippen LogP contribution in [-0.2, 0) is 16.0 Å². The third-order valence-corrected chi connectivity index (χ3v) is 4.39. The second kappa shape index (κ2) is 8.08. The van der Waals surface area contributed by atoms with E-state index in [4.69, 9.17) is 5.73 Å². The highest BCUT2D eigenvalue weighted by Crippen LogP contribution is 2.23. The summed E-state index contributed by atoms with van der Waals surface area (Å²) < 4.78 is 0. The van der Waals surface area contributed by atoms with Crippen molar-refractivity contribution >= 4 is 17.6 Å². The summed E-state index contributed by atoms with van der Waals surface area (Å²) in [5, 5.41) is 0. The molecule has 1 aromatic rings. The lowest BCUT2D eigenvalue weighted by atomic mass is 9.92. The van der Waals surface area contributed by atoms with Crippen molar-refractivity contribution < 1.29 is 9.59 Å². The van der Waals surface area contributed by atoms with E-state index >= 15 is 0 Å². The number of aryl methyl sites for hydroxylation is 1. The highest BCUT2D eigenvalue weighted by molar-refractivity contribution is 5.82. The van der Waals surface area contributed by atoms with Crippen molar-refractivity contribution in [2.75, 3.05) is 32.1 Å². The largest absolute Gasteiger partial charge is 0.370 e. The molecule has 0 radical (unpaired) electrons. The van der Waals surface area contributed by atoms with Crippen LogP contribution in [0.1, 0.15) is 37.2 Å². The fourth-order valence-electron chi connectivity index (χ4n) is 3.02. The van der Waals surface area contributed by atoms with Gasteiger partial charge in [0.15, 0.2) is 0 Å². The minimum atomic E-state index is -0.422. The monoisotopic (exact) mass is 333 g/mol. The molecule has 0 aromatic carbocycles. The second-order valence-electron chi connectivity index (χ2n) is 6.65. The Labute approximate surface area is 143 Å². The van der Waals surface area contributed by atoms with Gasteiger partial charge in [0.2, 0.25) is 11.8 Å². The van der Waals surface area contributed by atoms with Crippen LogP contribution < -0.4 is 10.6 Å². The summed E-state index contributed by atoms with van der Waals surface area (Å²) in [4.78, 5) is 35.6. The number of rotatable bonds is 6. The molecule has 2 N–H and O–H groups in total.